The molecule has 1 amide bonds. The maximum Gasteiger partial charge on any atom is 0.227 e. The first-order valence-corrected chi connectivity index (χ1v) is 8.52. The largest absolute Gasteiger partial charge is 0.441 e. The number of oxazole rings is 1. The topological polar surface area (TPSA) is 75.4 Å². The van der Waals surface area contributed by atoms with Gasteiger partial charge in [-0.2, -0.15) is 0 Å². The molecule has 1 aliphatic carbocycles. The Bertz CT molecular complexity index is 710. The van der Waals surface area contributed by atoms with Gasteiger partial charge in [-0.05, 0) is 44.9 Å². The lowest BCUT2D eigenvalue weighted by Crippen LogP contribution is -2.35. The first kappa shape index (κ1) is 16.7. The SMILES string of the molecule is Cc1nc(-c2cccc(NC(=O)CC3(O)CCCCC3)c2)oc1C. The number of aliphatic hydroxyl groups is 1. The number of nitrogens with one attached hydrogen (secondary N) is 1. The van der Waals surface area contributed by atoms with E-state index in [1.165, 1.54) is 0 Å². The van der Waals surface area contributed by atoms with Crippen molar-refractivity contribution in [3.8, 4) is 11.5 Å². The minimum atomic E-state index is -0.850. The average Bonchev–Trinajstić information content (AvgIpc) is 2.87. The number of nitrogens with zero attached hydrogens (tertiary/aromatic N) is 1. The van der Waals surface area contributed by atoms with Gasteiger partial charge in [0.1, 0.15) is 5.76 Å². The van der Waals surface area contributed by atoms with E-state index in [9.17, 15) is 9.90 Å². The van der Waals surface area contributed by atoms with Crippen molar-refractivity contribution in [1.82, 2.24) is 4.98 Å². The second kappa shape index (κ2) is 6.77. The summed E-state index contributed by atoms with van der Waals surface area (Å²) >= 11 is 0. The van der Waals surface area contributed by atoms with E-state index in [1.54, 1.807) is 0 Å². The molecular formula is C19H24N2O3. The van der Waals surface area contributed by atoms with E-state index in [0.29, 0.717) is 24.4 Å². The van der Waals surface area contributed by atoms with Crippen LogP contribution >= 0.6 is 0 Å². The predicted octanol–water partition coefficient (Wildman–Crippen LogP) is 3.98. The summed E-state index contributed by atoms with van der Waals surface area (Å²) in [6.45, 7) is 3.78. The number of carbonyl (C=O) groups excluding carboxylic acids is 1. The highest BCUT2D eigenvalue weighted by Crippen LogP contribution is 2.31. The van der Waals surface area contributed by atoms with Gasteiger partial charge in [0, 0.05) is 11.3 Å². The molecule has 0 spiro atoms. The van der Waals surface area contributed by atoms with Crippen LogP contribution in [0.5, 0.6) is 0 Å². The van der Waals surface area contributed by atoms with Crippen LogP contribution in [0.25, 0.3) is 11.5 Å². The highest BCUT2D eigenvalue weighted by Gasteiger charge is 2.31. The first-order valence-electron chi connectivity index (χ1n) is 8.52. The lowest BCUT2D eigenvalue weighted by atomic mass is 9.82. The predicted molar refractivity (Wildman–Crippen MR) is 92.7 cm³/mol. The van der Waals surface area contributed by atoms with Crippen LogP contribution in [0.2, 0.25) is 0 Å². The maximum absolute atomic E-state index is 12.3. The molecule has 0 saturated heterocycles. The molecular weight excluding hydrogens is 304 g/mol. The minimum Gasteiger partial charge on any atom is -0.441 e. The molecule has 5 heteroatoms. The summed E-state index contributed by atoms with van der Waals surface area (Å²) in [4.78, 5) is 16.7. The lowest BCUT2D eigenvalue weighted by molar-refractivity contribution is -0.122. The monoisotopic (exact) mass is 328 g/mol. The third-order valence-corrected chi connectivity index (χ3v) is 4.70. The zero-order valence-corrected chi connectivity index (χ0v) is 14.3. The number of rotatable bonds is 4. The van der Waals surface area contributed by atoms with E-state index < -0.39 is 5.60 Å². The lowest BCUT2D eigenvalue weighted by Gasteiger charge is -2.31. The van der Waals surface area contributed by atoms with Crippen molar-refractivity contribution in [1.29, 1.82) is 0 Å². The number of hydrogen-bond acceptors (Lipinski definition) is 4. The van der Waals surface area contributed by atoms with Gasteiger partial charge in [0.25, 0.3) is 0 Å². The molecule has 128 valence electrons. The second-order valence-electron chi connectivity index (χ2n) is 6.75. The van der Waals surface area contributed by atoms with Gasteiger partial charge in [-0.25, -0.2) is 4.98 Å². The van der Waals surface area contributed by atoms with Gasteiger partial charge in [-0.1, -0.05) is 25.3 Å². The molecule has 2 N–H and O–H groups in total. The Balaban J connectivity index is 1.69. The molecule has 3 rings (SSSR count). The smallest absolute Gasteiger partial charge is 0.227 e. The van der Waals surface area contributed by atoms with Crippen LogP contribution in [-0.4, -0.2) is 21.6 Å². The van der Waals surface area contributed by atoms with E-state index in [1.807, 2.05) is 38.1 Å². The van der Waals surface area contributed by atoms with E-state index >= 15 is 0 Å². The third-order valence-electron chi connectivity index (χ3n) is 4.70. The number of aryl methyl sites for hydroxylation is 2. The highest BCUT2D eigenvalue weighted by atomic mass is 16.4. The van der Waals surface area contributed by atoms with Crippen LogP contribution in [0.1, 0.15) is 50.0 Å². The maximum atomic E-state index is 12.3. The van der Waals surface area contributed by atoms with E-state index in [0.717, 1.165) is 36.3 Å². The summed E-state index contributed by atoms with van der Waals surface area (Å²) in [6, 6.07) is 7.42. The van der Waals surface area contributed by atoms with Crippen molar-refractivity contribution in [2.45, 2.75) is 58.0 Å². The Morgan fingerprint density at radius 3 is 2.71 bits per heavy atom. The van der Waals surface area contributed by atoms with E-state index in [4.69, 9.17) is 4.42 Å². The molecule has 0 aliphatic heterocycles. The van der Waals surface area contributed by atoms with Crippen LogP contribution in [0, 0.1) is 13.8 Å². The number of amides is 1. The molecule has 1 aliphatic rings. The van der Waals surface area contributed by atoms with Crippen LogP contribution < -0.4 is 5.32 Å². The fourth-order valence-corrected chi connectivity index (χ4v) is 3.22. The molecule has 2 aromatic rings. The van der Waals surface area contributed by atoms with Crippen LogP contribution in [-0.2, 0) is 4.79 Å². The van der Waals surface area contributed by atoms with Gasteiger partial charge in [0.05, 0.1) is 17.7 Å². The zero-order chi connectivity index (χ0) is 17.2. The molecule has 0 unspecified atom stereocenters. The molecule has 24 heavy (non-hydrogen) atoms. The molecule has 1 saturated carbocycles. The summed E-state index contributed by atoms with van der Waals surface area (Å²) in [5.74, 6) is 1.18. The number of anilines is 1. The molecule has 0 atom stereocenters. The number of hydrogen-bond donors (Lipinski definition) is 2. The number of aromatic nitrogens is 1. The van der Waals surface area contributed by atoms with Crippen molar-refractivity contribution >= 4 is 11.6 Å². The fourth-order valence-electron chi connectivity index (χ4n) is 3.22. The summed E-state index contributed by atoms with van der Waals surface area (Å²) < 4.78 is 5.63. The molecule has 0 bridgehead atoms. The summed E-state index contributed by atoms with van der Waals surface area (Å²) in [5.41, 5.74) is 1.52. The highest BCUT2D eigenvalue weighted by molar-refractivity contribution is 5.92. The average molecular weight is 328 g/mol. The standard InChI is InChI=1S/C19H24N2O3/c1-13-14(2)24-18(20-13)15-7-6-8-16(11-15)21-17(22)12-19(23)9-4-3-5-10-19/h6-8,11,23H,3-5,9-10,12H2,1-2H3,(H,21,22). The van der Waals surface area contributed by atoms with Crippen molar-refractivity contribution in [2.24, 2.45) is 0 Å². The van der Waals surface area contributed by atoms with Crippen LogP contribution in [0.15, 0.2) is 28.7 Å². The fraction of sp³-hybridized carbons (Fsp3) is 0.474. The molecule has 1 aromatic carbocycles. The molecule has 1 aromatic heterocycles. The van der Waals surface area contributed by atoms with E-state index in [2.05, 4.69) is 10.3 Å². The molecule has 1 fully saturated rings. The Morgan fingerprint density at radius 1 is 1.29 bits per heavy atom. The minimum absolute atomic E-state index is 0.147. The summed E-state index contributed by atoms with van der Waals surface area (Å²) in [5, 5.41) is 13.4. The van der Waals surface area contributed by atoms with Gasteiger partial charge >= 0.3 is 0 Å². The Labute approximate surface area is 142 Å². The van der Waals surface area contributed by atoms with E-state index in [-0.39, 0.29) is 12.3 Å². The third kappa shape index (κ3) is 3.85. The molecule has 1 heterocycles. The van der Waals surface area contributed by atoms with Gasteiger partial charge in [0.2, 0.25) is 11.8 Å². The summed E-state index contributed by atoms with van der Waals surface area (Å²) in [6.07, 6.45) is 4.67. The summed E-state index contributed by atoms with van der Waals surface area (Å²) in [7, 11) is 0. The van der Waals surface area contributed by atoms with Crippen molar-refractivity contribution in [2.75, 3.05) is 5.32 Å². The van der Waals surface area contributed by atoms with Gasteiger partial charge < -0.3 is 14.8 Å². The molecule has 0 radical (unpaired) electrons. The van der Waals surface area contributed by atoms with Gasteiger partial charge in [-0.15, -0.1) is 0 Å². The van der Waals surface area contributed by atoms with Crippen molar-refractivity contribution in [3.63, 3.8) is 0 Å². The second-order valence-corrected chi connectivity index (χ2v) is 6.75. The van der Waals surface area contributed by atoms with Crippen LogP contribution in [0.3, 0.4) is 0 Å². The normalized spacial score (nSPS) is 16.8. The van der Waals surface area contributed by atoms with Crippen LogP contribution in [0.4, 0.5) is 5.69 Å². The Morgan fingerprint density at radius 2 is 2.04 bits per heavy atom. The van der Waals surface area contributed by atoms with Crippen molar-refractivity contribution in [3.05, 3.63) is 35.7 Å². The van der Waals surface area contributed by atoms with Gasteiger partial charge in [0.15, 0.2) is 0 Å². The number of benzene rings is 1. The number of carbonyl (C=O) groups is 1. The van der Waals surface area contributed by atoms with Crippen molar-refractivity contribution < 1.29 is 14.3 Å². The Kier molecular flexibility index (Phi) is 4.71. The quantitative estimate of drug-likeness (QED) is 0.890. The zero-order valence-electron chi connectivity index (χ0n) is 14.3. The Hall–Kier alpha value is -2.14. The van der Waals surface area contributed by atoms with Gasteiger partial charge in [-0.3, -0.25) is 4.79 Å². The molecule has 5 nitrogen and oxygen atoms in total. The first-order chi connectivity index (χ1) is 11.5.